The highest BCUT2D eigenvalue weighted by atomic mass is 16.3. The number of hydrogen-bond acceptors (Lipinski definition) is 5. The van der Waals surface area contributed by atoms with Crippen LogP contribution >= 0.6 is 0 Å². The molecule has 2 aliphatic rings. The molecule has 0 aromatic heterocycles. The zero-order valence-corrected chi connectivity index (χ0v) is 16.4. The van der Waals surface area contributed by atoms with Gasteiger partial charge in [0.1, 0.15) is 0 Å². The van der Waals surface area contributed by atoms with Crippen molar-refractivity contribution in [3.05, 3.63) is 83.2 Å². The van der Waals surface area contributed by atoms with Crippen molar-refractivity contribution in [3.8, 4) is 0 Å². The molecule has 2 aliphatic heterocycles. The molecule has 28 heavy (non-hydrogen) atoms. The van der Waals surface area contributed by atoms with E-state index in [2.05, 4.69) is 60.4 Å². The Morgan fingerprint density at radius 3 is 2.46 bits per heavy atom. The normalized spacial score (nSPS) is 20.5. The molecule has 0 spiro atoms. The molecule has 0 fully saturated rings. The third kappa shape index (κ3) is 4.38. The summed E-state index contributed by atoms with van der Waals surface area (Å²) < 4.78 is 0. The van der Waals surface area contributed by atoms with Crippen LogP contribution < -0.4 is 0 Å². The second-order valence-electron chi connectivity index (χ2n) is 7.91. The average molecular weight is 380 g/mol. The monoisotopic (exact) mass is 379 g/mol. The maximum absolute atomic E-state index is 10.6. The Labute approximate surface area is 167 Å². The second-order valence-corrected chi connectivity index (χ2v) is 7.91. The van der Waals surface area contributed by atoms with E-state index in [1.54, 1.807) is 4.90 Å². The van der Waals surface area contributed by atoms with Crippen LogP contribution in [0, 0.1) is 6.92 Å². The Morgan fingerprint density at radius 2 is 1.68 bits per heavy atom. The molecule has 0 radical (unpaired) electrons. The van der Waals surface area contributed by atoms with Crippen LogP contribution in [0.4, 0.5) is 0 Å². The minimum Gasteiger partial charge on any atom is -0.390 e. The Morgan fingerprint density at radius 1 is 0.964 bits per heavy atom. The smallest absolute Gasteiger partial charge is 0.207 e. The molecule has 2 N–H and O–H groups in total. The van der Waals surface area contributed by atoms with Crippen LogP contribution in [-0.4, -0.2) is 57.0 Å². The summed E-state index contributed by atoms with van der Waals surface area (Å²) in [6.45, 7) is 5.59. The Hall–Kier alpha value is -2.34. The predicted molar refractivity (Wildman–Crippen MR) is 110 cm³/mol. The van der Waals surface area contributed by atoms with Crippen molar-refractivity contribution in [1.82, 2.24) is 14.7 Å². The summed E-state index contributed by atoms with van der Waals surface area (Å²) in [6, 6.07) is 16.9. The van der Waals surface area contributed by atoms with Gasteiger partial charge in [0.25, 0.3) is 0 Å². The number of rotatable bonds is 6. The first-order chi connectivity index (χ1) is 13.6. The van der Waals surface area contributed by atoms with Crippen molar-refractivity contribution in [2.24, 2.45) is 0 Å². The lowest BCUT2D eigenvalue weighted by Gasteiger charge is -2.33. The molecule has 2 aromatic rings. The first-order valence-electron chi connectivity index (χ1n) is 9.99. The highest BCUT2D eigenvalue weighted by Gasteiger charge is 2.27. The van der Waals surface area contributed by atoms with Gasteiger partial charge in [-0.05, 0) is 30.0 Å². The van der Waals surface area contributed by atoms with E-state index >= 15 is 0 Å². The molecule has 2 heterocycles. The van der Waals surface area contributed by atoms with Crippen LogP contribution in [-0.2, 0) is 19.5 Å². The van der Waals surface area contributed by atoms with Crippen LogP contribution in [0.2, 0.25) is 0 Å². The van der Waals surface area contributed by atoms with E-state index in [0.717, 1.165) is 25.1 Å². The van der Waals surface area contributed by atoms with Crippen molar-refractivity contribution < 1.29 is 10.2 Å². The molecule has 0 saturated carbocycles. The van der Waals surface area contributed by atoms with Crippen molar-refractivity contribution in [3.63, 3.8) is 0 Å². The van der Waals surface area contributed by atoms with Gasteiger partial charge in [0, 0.05) is 45.1 Å². The third-order valence-corrected chi connectivity index (χ3v) is 5.63. The highest BCUT2D eigenvalue weighted by Crippen LogP contribution is 2.20. The van der Waals surface area contributed by atoms with Crippen LogP contribution in [0.15, 0.2) is 60.9 Å². The van der Waals surface area contributed by atoms with Crippen molar-refractivity contribution >= 4 is 0 Å². The molecule has 2 aromatic carbocycles. The Kier molecular flexibility index (Phi) is 5.67. The fraction of sp³-hybridized carbons (Fsp3) is 0.391. The number of nitrogens with zero attached hydrogens (tertiary/aromatic N) is 3. The van der Waals surface area contributed by atoms with E-state index in [0.29, 0.717) is 19.6 Å². The SMILES string of the molecule is Cc1ccc(CN2C=CN(CC(O)CN3CCc4ccccc4C3)C2O)cc1. The molecule has 5 heteroatoms. The standard InChI is InChI=1S/C23H29N3O2/c1-18-6-8-19(9-7-18)14-25-12-13-26(23(25)28)17-22(27)16-24-11-10-20-4-2-3-5-21(20)15-24/h2-9,12-13,22-23,27-28H,10-11,14-17H2,1H3. The lowest BCUT2D eigenvalue weighted by molar-refractivity contribution is -0.0671. The Balaban J connectivity index is 1.27. The van der Waals surface area contributed by atoms with Gasteiger partial charge in [-0.15, -0.1) is 0 Å². The molecule has 0 bridgehead atoms. The fourth-order valence-corrected chi connectivity index (χ4v) is 4.02. The Bertz CT molecular complexity index is 821. The molecular formula is C23H29N3O2. The van der Waals surface area contributed by atoms with E-state index in [1.807, 2.05) is 17.3 Å². The lowest BCUT2D eigenvalue weighted by atomic mass is 10.00. The fourth-order valence-electron chi connectivity index (χ4n) is 4.02. The van der Waals surface area contributed by atoms with E-state index in [9.17, 15) is 10.2 Å². The molecule has 0 amide bonds. The van der Waals surface area contributed by atoms with E-state index in [4.69, 9.17) is 0 Å². The largest absolute Gasteiger partial charge is 0.390 e. The topological polar surface area (TPSA) is 50.2 Å². The first kappa shape index (κ1) is 19.0. The molecule has 5 nitrogen and oxygen atoms in total. The molecule has 0 saturated heterocycles. The molecule has 4 rings (SSSR count). The van der Waals surface area contributed by atoms with Gasteiger partial charge in [-0.1, -0.05) is 54.1 Å². The maximum atomic E-state index is 10.6. The van der Waals surface area contributed by atoms with Gasteiger partial charge in [-0.2, -0.15) is 0 Å². The molecule has 2 atom stereocenters. The number of benzene rings is 2. The van der Waals surface area contributed by atoms with Crippen molar-refractivity contribution in [1.29, 1.82) is 0 Å². The molecular weight excluding hydrogens is 350 g/mol. The summed E-state index contributed by atoms with van der Waals surface area (Å²) in [5.74, 6) is 0. The summed E-state index contributed by atoms with van der Waals surface area (Å²) in [5.41, 5.74) is 5.15. The average Bonchev–Trinajstić information content (AvgIpc) is 3.03. The summed E-state index contributed by atoms with van der Waals surface area (Å²) in [7, 11) is 0. The minimum atomic E-state index is -0.738. The summed E-state index contributed by atoms with van der Waals surface area (Å²) >= 11 is 0. The number of fused-ring (bicyclic) bond motifs is 1. The zero-order chi connectivity index (χ0) is 19.5. The van der Waals surface area contributed by atoms with Crippen LogP contribution in [0.1, 0.15) is 22.3 Å². The van der Waals surface area contributed by atoms with E-state index < -0.39 is 12.5 Å². The summed E-state index contributed by atoms with van der Waals surface area (Å²) in [4.78, 5) is 5.98. The summed E-state index contributed by atoms with van der Waals surface area (Å²) in [5, 5.41) is 21.2. The van der Waals surface area contributed by atoms with Gasteiger partial charge < -0.3 is 20.0 Å². The lowest BCUT2D eigenvalue weighted by Crippen LogP contribution is -2.45. The van der Waals surface area contributed by atoms with Gasteiger partial charge in [0.05, 0.1) is 6.10 Å². The molecule has 0 aliphatic carbocycles. The first-order valence-corrected chi connectivity index (χ1v) is 9.99. The third-order valence-electron chi connectivity index (χ3n) is 5.63. The quantitative estimate of drug-likeness (QED) is 0.807. The van der Waals surface area contributed by atoms with Gasteiger partial charge in [0.2, 0.25) is 6.35 Å². The molecule has 2 unspecified atom stereocenters. The highest BCUT2D eigenvalue weighted by molar-refractivity contribution is 5.29. The number of aliphatic hydroxyl groups is 2. The van der Waals surface area contributed by atoms with Crippen LogP contribution in [0.3, 0.4) is 0 Å². The van der Waals surface area contributed by atoms with Crippen LogP contribution in [0.25, 0.3) is 0 Å². The van der Waals surface area contributed by atoms with Gasteiger partial charge in [-0.25, -0.2) is 0 Å². The second kappa shape index (κ2) is 8.35. The number of aliphatic hydroxyl groups excluding tert-OH is 2. The molecule has 148 valence electrons. The van der Waals surface area contributed by atoms with Crippen molar-refractivity contribution in [2.75, 3.05) is 19.6 Å². The number of aryl methyl sites for hydroxylation is 1. The number of β-amino-alcohol motifs (C(OH)–C–C–N with tert-alkyl or cyclic N) is 1. The zero-order valence-electron chi connectivity index (χ0n) is 16.4. The minimum absolute atomic E-state index is 0.417. The number of hydrogen-bond donors (Lipinski definition) is 2. The predicted octanol–water partition coefficient (Wildman–Crippen LogP) is 2.28. The van der Waals surface area contributed by atoms with E-state index in [-0.39, 0.29) is 0 Å². The van der Waals surface area contributed by atoms with Gasteiger partial charge in [-0.3, -0.25) is 4.90 Å². The van der Waals surface area contributed by atoms with Gasteiger partial charge in [0.15, 0.2) is 0 Å². The van der Waals surface area contributed by atoms with Gasteiger partial charge >= 0.3 is 0 Å². The van der Waals surface area contributed by atoms with Crippen molar-refractivity contribution in [2.45, 2.75) is 38.9 Å². The van der Waals surface area contributed by atoms with Crippen LogP contribution in [0.5, 0.6) is 0 Å². The van der Waals surface area contributed by atoms with E-state index in [1.165, 1.54) is 16.7 Å². The maximum Gasteiger partial charge on any atom is 0.207 e. The summed E-state index contributed by atoms with van der Waals surface area (Å²) in [6.07, 6.45) is 3.54.